The lowest BCUT2D eigenvalue weighted by molar-refractivity contribution is 0.414. The fourth-order valence-corrected chi connectivity index (χ4v) is 2.70. The normalized spacial score (nSPS) is 10.8. The Morgan fingerprint density at radius 2 is 1.88 bits per heavy atom. The van der Waals surface area contributed by atoms with E-state index >= 15 is 0 Å². The second kappa shape index (κ2) is 10.6. The van der Waals surface area contributed by atoms with Crippen LogP contribution in [0.25, 0.3) is 0 Å². The minimum atomic E-state index is 0. The number of halogens is 2. The van der Waals surface area contributed by atoms with Crippen LogP contribution in [0, 0.1) is 6.92 Å². The van der Waals surface area contributed by atoms with Crippen molar-refractivity contribution in [3.8, 4) is 5.75 Å². The van der Waals surface area contributed by atoms with E-state index in [9.17, 15) is 0 Å². The fourth-order valence-electron chi connectivity index (χ4n) is 2.23. The third-order valence-corrected chi connectivity index (χ3v) is 4.06. The minimum Gasteiger partial charge on any atom is -0.497 e. The average molecular weight is 504 g/mol. The number of hydrogen-bond acceptors (Lipinski definition) is 2. The number of nitrogens with one attached hydrogen (secondary N) is 2. The van der Waals surface area contributed by atoms with Crippen LogP contribution < -0.4 is 15.4 Å². The van der Waals surface area contributed by atoms with Crippen molar-refractivity contribution in [3.63, 3.8) is 0 Å². The van der Waals surface area contributed by atoms with E-state index in [1.165, 1.54) is 11.1 Å². The summed E-state index contributed by atoms with van der Waals surface area (Å²) in [6, 6.07) is 14.3. The van der Waals surface area contributed by atoms with E-state index in [0.717, 1.165) is 28.3 Å². The van der Waals surface area contributed by atoms with Crippen molar-refractivity contribution in [2.24, 2.45) is 4.99 Å². The Morgan fingerprint density at radius 3 is 2.54 bits per heavy atom. The standard InChI is InChI=1S/C18H22BrN3O.HI/c1-13-9-16(19)8-7-15(13)12-22-18(20-2)21-11-14-5-4-6-17(10-14)23-3;/h4-10H,11-12H2,1-3H3,(H2,20,21,22);1H. The van der Waals surface area contributed by atoms with Crippen LogP contribution in [-0.2, 0) is 13.1 Å². The second-order valence-corrected chi connectivity index (χ2v) is 6.12. The number of nitrogens with zero attached hydrogens (tertiary/aromatic N) is 1. The zero-order chi connectivity index (χ0) is 16.7. The molecule has 0 bridgehead atoms. The Morgan fingerprint density at radius 1 is 1.12 bits per heavy atom. The van der Waals surface area contributed by atoms with Gasteiger partial charge in [-0.3, -0.25) is 4.99 Å². The van der Waals surface area contributed by atoms with E-state index in [2.05, 4.69) is 62.7 Å². The molecule has 0 radical (unpaired) electrons. The lowest BCUT2D eigenvalue weighted by Crippen LogP contribution is -2.36. The summed E-state index contributed by atoms with van der Waals surface area (Å²) < 4.78 is 6.34. The molecule has 2 aromatic rings. The molecule has 0 aliphatic heterocycles. The summed E-state index contributed by atoms with van der Waals surface area (Å²) in [6.45, 7) is 3.53. The van der Waals surface area contributed by atoms with Crippen molar-refractivity contribution < 1.29 is 4.74 Å². The van der Waals surface area contributed by atoms with Gasteiger partial charge < -0.3 is 15.4 Å². The number of rotatable bonds is 5. The molecule has 0 fully saturated rings. The summed E-state index contributed by atoms with van der Waals surface area (Å²) in [5.41, 5.74) is 3.64. The molecule has 24 heavy (non-hydrogen) atoms. The van der Waals surface area contributed by atoms with Gasteiger partial charge in [0.1, 0.15) is 5.75 Å². The number of aliphatic imine (C=N–C) groups is 1. The molecule has 0 spiro atoms. The third kappa shape index (κ3) is 6.32. The Hall–Kier alpha value is -1.28. The number of benzene rings is 2. The SMILES string of the molecule is CN=C(NCc1cccc(OC)c1)NCc1ccc(Br)cc1C.I. The first-order valence-corrected chi connectivity index (χ1v) is 8.24. The fraction of sp³-hybridized carbons (Fsp3) is 0.278. The van der Waals surface area contributed by atoms with Crippen LogP contribution in [0.5, 0.6) is 5.75 Å². The van der Waals surface area contributed by atoms with Crippen LogP contribution in [0.3, 0.4) is 0 Å². The van der Waals surface area contributed by atoms with Gasteiger partial charge >= 0.3 is 0 Å². The Balaban J connectivity index is 0.00000288. The lowest BCUT2D eigenvalue weighted by Gasteiger charge is -2.13. The van der Waals surface area contributed by atoms with E-state index in [-0.39, 0.29) is 24.0 Å². The van der Waals surface area contributed by atoms with Gasteiger partial charge in [0.05, 0.1) is 7.11 Å². The van der Waals surface area contributed by atoms with Crippen LogP contribution in [0.4, 0.5) is 0 Å². The highest BCUT2D eigenvalue weighted by molar-refractivity contribution is 14.0. The molecule has 130 valence electrons. The van der Waals surface area contributed by atoms with Crippen LogP contribution in [0.15, 0.2) is 51.9 Å². The first-order chi connectivity index (χ1) is 11.1. The molecule has 6 heteroatoms. The average Bonchev–Trinajstić information content (AvgIpc) is 2.56. The molecule has 2 N–H and O–H groups in total. The number of aryl methyl sites for hydroxylation is 1. The predicted molar refractivity (Wildman–Crippen MR) is 114 cm³/mol. The molecule has 0 heterocycles. The molecule has 0 unspecified atom stereocenters. The summed E-state index contributed by atoms with van der Waals surface area (Å²) in [6.07, 6.45) is 0. The summed E-state index contributed by atoms with van der Waals surface area (Å²) in [5, 5.41) is 6.65. The van der Waals surface area contributed by atoms with Gasteiger partial charge in [-0.15, -0.1) is 24.0 Å². The van der Waals surface area contributed by atoms with Gasteiger partial charge in [-0.2, -0.15) is 0 Å². The molecule has 0 atom stereocenters. The molecule has 0 aliphatic carbocycles. The molecular weight excluding hydrogens is 481 g/mol. The minimum absolute atomic E-state index is 0. The van der Waals surface area contributed by atoms with E-state index in [1.807, 2.05) is 18.2 Å². The molecule has 4 nitrogen and oxygen atoms in total. The van der Waals surface area contributed by atoms with Gasteiger partial charge in [-0.25, -0.2) is 0 Å². The van der Waals surface area contributed by atoms with Crippen molar-refractivity contribution >= 4 is 45.9 Å². The highest BCUT2D eigenvalue weighted by atomic mass is 127. The molecule has 0 saturated heterocycles. The highest BCUT2D eigenvalue weighted by Crippen LogP contribution is 2.15. The summed E-state index contributed by atoms with van der Waals surface area (Å²) >= 11 is 3.49. The van der Waals surface area contributed by atoms with E-state index in [0.29, 0.717) is 6.54 Å². The van der Waals surface area contributed by atoms with Crippen LogP contribution in [0.1, 0.15) is 16.7 Å². The zero-order valence-corrected chi connectivity index (χ0v) is 18.0. The number of hydrogen-bond donors (Lipinski definition) is 2. The van der Waals surface area contributed by atoms with Gasteiger partial charge in [-0.05, 0) is 47.9 Å². The first-order valence-electron chi connectivity index (χ1n) is 7.45. The second-order valence-electron chi connectivity index (χ2n) is 5.20. The molecule has 2 aromatic carbocycles. The number of methoxy groups -OCH3 is 1. The third-order valence-electron chi connectivity index (χ3n) is 3.57. The Bertz CT molecular complexity index is 692. The van der Waals surface area contributed by atoms with Crippen molar-refractivity contribution in [1.29, 1.82) is 0 Å². The molecule has 2 rings (SSSR count). The number of guanidine groups is 1. The summed E-state index contributed by atoms with van der Waals surface area (Å²) in [7, 11) is 3.45. The summed E-state index contributed by atoms with van der Waals surface area (Å²) in [4.78, 5) is 4.26. The monoisotopic (exact) mass is 503 g/mol. The quantitative estimate of drug-likeness (QED) is 0.364. The molecule has 0 aromatic heterocycles. The molecule has 0 amide bonds. The van der Waals surface area contributed by atoms with Crippen LogP contribution in [0.2, 0.25) is 0 Å². The van der Waals surface area contributed by atoms with E-state index < -0.39 is 0 Å². The van der Waals surface area contributed by atoms with Gasteiger partial charge in [0.25, 0.3) is 0 Å². The largest absolute Gasteiger partial charge is 0.497 e. The van der Waals surface area contributed by atoms with Gasteiger partial charge in [0.15, 0.2) is 5.96 Å². The lowest BCUT2D eigenvalue weighted by atomic mass is 10.1. The summed E-state index contributed by atoms with van der Waals surface area (Å²) in [5.74, 6) is 1.63. The van der Waals surface area contributed by atoms with E-state index in [1.54, 1.807) is 14.2 Å². The molecular formula is C18H23BrIN3O. The van der Waals surface area contributed by atoms with Crippen molar-refractivity contribution in [2.45, 2.75) is 20.0 Å². The number of ether oxygens (including phenoxy) is 1. The first kappa shape index (κ1) is 20.8. The van der Waals surface area contributed by atoms with Crippen molar-refractivity contribution in [2.75, 3.05) is 14.2 Å². The van der Waals surface area contributed by atoms with Crippen molar-refractivity contribution in [3.05, 3.63) is 63.6 Å². The maximum absolute atomic E-state index is 5.24. The Kier molecular flexibility index (Phi) is 9.13. The maximum atomic E-state index is 5.24. The van der Waals surface area contributed by atoms with Gasteiger partial charge in [0.2, 0.25) is 0 Å². The van der Waals surface area contributed by atoms with Crippen LogP contribution >= 0.6 is 39.9 Å². The Labute approximate surface area is 169 Å². The van der Waals surface area contributed by atoms with E-state index in [4.69, 9.17) is 4.74 Å². The predicted octanol–water partition coefficient (Wildman–Crippen LogP) is 4.25. The zero-order valence-electron chi connectivity index (χ0n) is 14.1. The highest BCUT2D eigenvalue weighted by Gasteiger charge is 2.02. The van der Waals surface area contributed by atoms with Crippen molar-refractivity contribution in [1.82, 2.24) is 10.6 Å². The topological polar surface area (TPSA) is 45.7 Å². The van der Waals surface area contributed by atoms with Crippen LogP contribution in [-0.4, -0.2) is 20.1 Å². The van der Waals surface area contributed by atoms with Gasteiger partial charge in [-0.1, -0.05) is 34.1 Å². The smallest absolute Gasteiger partial charge is 0.191 e. The van der Waals surface area contributed by atoms with Gasteiger partial charge in [0, 0.05) is 24.6 Å². The molecule has 0 aliphatic rings. The molecule has 0 saturated carbocycles. The maximum Gasteiger partial charge on any atom is 0.191 e.